The molecule has 2 N–H and O–H groups in total. The van der Waals surface area contributed by atoms with E-state index in [9.17, 15) is 14.7 Å². The number of phenols is 1. The molecule has 1 amide bonds. The van der Waals surface area contributed by atoms with E-state index < -0.39 is 0 Å². The van der Waals surface area contributed by atoms with Crippen LogP contribution in [-0.2, 0) is 9.53 Å². The Labute approximate surface area is 107 Å². The van der Waals surface area contributed by atoms with Crippen LogP contribution in [0, 0.1) is 0 Å². The summed E-state index contributed by atoms with van der Waals surface area (Å²) in [7, 11) is 1.29. The Balaban J connectivity index is 2.52. The van der Waals surface area contributed by atoms with Gasteiger partial charge in [0.15, 0.2) is 0 Å². The van der Waals surface area contributed by atoms with Crippen LogP contribution in [0.3, 0.4) is 0 Å². The lowest BCUT2D eigenvalue weighted by Crippen LogP contribution is -2.26. The predicted molar refractivity (Wildman–Crippen MR) is 64.8 cm³/mol. The third kappa shape index (κ3) is 4.07. The maximum absolute atomic E-state index is 11.6. The molecule has 0 atom stereocenters. The fourth-order valence-corrected chi connectivity index (χ4v) is 1.38. The number of hydrogen-bond donors (Lipinski definition) is 2. The van der Waals surface area contributed by atoms with Crippen LogP contribution in [0.5, 0.6) is 5.75 Å². The summed E-state index contributed by atoms with van der Waals surface area (Å²) in [5.41, 5.74) is 0.329. The molecular formula is C11H12BrNO4. The number of nitrogens with one attached hydrogen (secondary N) is 1. The highest BCUT2D eigenvalue weighted by molar-refractivity contribution is 9.10. The third-order valence-corrected chi connectivity index (χ3v) is 2.72. The van der Waals surface area contributed by atoms with Crippen molar-refractivity contribution in [3.63, 3.8) is 0 Å². The highest BCUT2D eigenvalue weighted by Gasteiger charge is 2.08. The first kappa shape index (κ1) is 13.5. The summed E-state index contributed by atoms with van der Waals surface area (Å²) in [6.07, 6.45) is 0.116. The van der Waals surface area contributed by atoms with Gasteiger partial charge in [-0.1, -0.05) is 0 Å². The lowest BCUT2D eigenvalue weighted by molar-refractivity contribution is -0.140. The Morgan fingerprint density at radius 1 is 1.47 bits per heavy atom. The van der Waals surface area contributed by atoms with Gasteiger partial charge in [0, 0.05) is 12.1 Å². The van der Waals surface area contributed by atoms with Crippen molar-refractivity contribution in [1.29, 1.82) is 0 Å². The topological polar surface area (TPSA) is 75.6 Å². The molecule has 1 rings (SSSR count). The summed E-state index contributed by atoms with van der Waals surface area (Å²) in [5, 5.41) is 11.9. The highest BCUT2D eigenvalue weighted by Crippen LogP contribution is 2.24. The van der Waals surface area contributed by atoms with E-state index in [4.69, 9.17) is 0 Å². The highest BCUT2D eigenvalue weighted by atomic mass is 79.9. The fraction of sp³-hybridized carbons (Fsp3) is 0.273. The average Bonchev–Trinajstić information content (AvgIpc) is 2.32. The minimum absolute atomic E-state index is 0.00869. The largest absolute Gasteiger partial charge is 0.507 e. The summed E-state index contributed by atoms with van der Waals surface area (Å²) >= 11 is 3.12. The Bertz CT molecular complexity index is 433. The second-order valence-corrected chi connectivity index (χ2v) is 4.10. The summed E-state index contributed by atoms with van der Waals surface area (Å²) in [6, 6.07) is 4.49. The Kier molecular flexibility index (Phi) is 4.96. The minimum atomic E-state index is -0.385. The van der Waals surface area contributed by atoms with Crippen molar-refractivity contribution >= 4 is 27.8 Å². The van der Waals surface area contributed by atoms with Gasteiger partial charge < -0.3 is 15.2 Å². The van der Waals surface area contributed by atoms with E-state index in [1.54, 1.807) is 12.1 Å². The van der Waals surface area contributed by atoms with Gasteiger partial charge in [-0.3, -0.25) is 9.59 Å². The molecule has 0 fully saturated rings. The lowest BCUT2D eigenvalue weighted by Gasteiger charge is -2.05. The van der Waals surface area contributed by atoms with Crippen LogP contribution in [0.1, 0.15) is 16.8 Å². The normalized spacial score (nSPS) is 9.76. The number of amides is 1. The van der Waals surface area contributed by atoms with Crippen molar-refractivity contribution in [1.82, 2.24) is 5.32 Å². The minimum Gasteiger partial charge on any atom is -0.507 e. The molecule has 0 aliphatic carbocycles. The number of phenolic OH excluding ortho intramolecular Hbond substituents is 1. The molecule has 0 aromatic heterocycles. The number of halogens is 1. The molecule has 0 bridgehead atoms. The van der Waals surface area contributed by atoms with E-state index in [2.05, 4.69) is 26.0 Å². The zero-order chi connectivity index (χ0) is 12.8. The van der Waals surface area contributed by atoms with Crippen molar-refractivity contribution in [2.24, 2.45) is 0 Å². The van der Waals surface area contributed by atoms with Gasteiger partial charge in [-0.25, -0.2) is 0 Å². The van der Waals surface area contributed by atoms with E-state index >= 15 is 0 Å². The Morgan fingerprint density at radius 3 is 2.76 bits per heavy atom. The van der Waals surface area contributed by atoms with Crippen molar-refractivity contribution in [2.45, 2.75) is 6.42 Å². The Hall–Kier alpha value is -1.56. The van der Waals surface area contributed by atoms with Crippen LogP contribution >= 0.6 is 15.9 Å². The van der Waals surface area contributed by atoms with Crippen molar-refractivity contribution in [2.75, 3.05) is 13.7 Å². The van der Waals surface area contributed by atoms with Crippen LogP contribution in [0.25, 0.3) is 0 Å². The smallest absolute Gasteiger partial charge is 0.307 e. The van der Waals surface area contributed by atoms with Gasteiger partial charge in [-0.2, -0.15) is 0 Å². The number of esters is 1. The predicted octanol–water partition coefficient (Wildman–Crippen LogP) is 1.45. The van der Waals surface area contributed by atoms with Gasteiger partial charge in [0.2, 0.25) is 0 Å². The molecule has 0 radical (unpaired) electrons. The maximum Gasteiger partial charge on any atom is 0.307 e. The van der Waals surface area contributed by atoms with Crippen molar-refractivity contribution in [3.8, 4) is 5.75 Å². The van der Waals surface area contributed by atoms with Crippen LogP contribution in [0.15, 0.2) is 22.7 Å². The van der Waals surface area contributed by atoms with Gasteiger partial charge in [-0.15, -0.1) is 0 Å². The molecule has 0 heterocycles. The summed E-state index contributed by atoms with van der Waals surface area (Å²) in [5.74, 6) is -0.744. The fourth-order valence-electron chi connectivity index (χ4n) is 1.14. The summed E-state index contributed by atoms with van der Waals surface area (Å²) < 4.78 is 4.95. The number of methoxy groups -OCH3 is 1. The molecule has 0 saturated heterocycles. The summed E-state index contributed by atoms with van der Waals surface area (Å²) in [6.45, 7) is 0.197. The molecule has 0 aliphatic rings. The molecule has 1 aromatic carbocycles. The number of hydrogen-bond acceptors (Lipinski definition) is 4. The lowest BCUT2D eigenvalue weighted by atomic mass is 10.2. The average molecular weight is 302 g/mol. The first-order valence-electron chi connectivity index (χ1n) is 4.88. The van der Waals surface area contributed by atoms with E-state index in [0.717, 1.165) is 0 Å². The van der Waals surface area contributed by atoms with Crippen LogP contribution in [0.2, 0.25) is 0 Å². The molecule has 6 heteroatoms. The number of aromatic hydroxyl groups is 1. The molecule has 5 nitrogen and oxygen atoms in total. The third-order valence-electron chi connectivity index (χ3n) is 2.05. The number of benzene rings is 1. The zero-order valence-electron chi connectivity index (χ0n) is 9.20. The molecule has 17 heavy (non-hydrogen) atoms. The van der Waals surface area contributed by atoms with E-state index in [1.165, 1.54) is 13.2 Å². The van der Waals surface area contributed by atoms with Gasteiger partial charge in [0.25, 0.3) is 5.91 Å². The maximum atomic E-state index is 11.6. The second-order valence-electron chi connectivity index (χ2n) is 3.25. The standard InChI is InChI=1S/C11H12BrNO4/c1-17-10(15)4-5-13-11(16)7-2-3-8(12)9(14)6-7/h2-3,6,14H,4-5H2,1H3,(H,13,16). The van der Waals surface area contributed by atoms with Crippen LogP contribution in [-0.4, -0.2) is 30.6 Å². The molecule has 0 aliphatic heterocycles. The molecular weight excluding hydrogens is 290 g/mol. The Morgan fingerprint density at radius 2 is 2.18 bits per heavy atom. The van der Waals surface area contributed by atoms with Gasteiger partial charge in [0.05, 0.1) is 18.0 Å². The van der Waals surface area contributed by atoms with Crippen molar-refractivity contribution < 1.29 is 19.4 Å². The molecule has 0 spiro atoms. The number of carbonyl (C=O) groups is 2. The number of carbonyl (C=O) groups excluding carboxylic acids is 2. The quantitative estimate of drug-likeness (QED) is 0.825. The first-order valence-corrected chi connectivity index (χ1v) is 5.67. The van der Waals surface area contributed by atoms with Gasteiger partial charge in [0.1, 0.15) is 5.75 Å². The van der Waals surface area contributed by atoms with Gasteiger partial charge in [-0.05, 0) is 34.1 Å². The zero-order valence-corrected chi connectivity index (χ0v) is 10.8. The van der Waals surface area contributed by atoms with E-state index in [0.29, 0.717) is 10.0 Å². The van der Waals surface area contributed by atoms with E-state index in [-0.39, 0.29) is 30.6 Å². The monoisotopic (exact) mass is 301 g/mol. The van der Waals surface area contributed by atoms with Crippen molar-refractivity contribution in [3.05, 3.63) is 28.2 Å². The van der Waals surface area contributed by atoms with Crippen LogP contribution < -0.4 is 5.32 Å². The van der Waals surface area contributed by atoms with E-state index in [1.807, 2.05) is 0 Å². The molecule has 92 valence electrons. The summed E-state index contributed by atoms with van der Waals surface area (Å²) in [4.78, 5) is 22.4. The van der Waals surface area contributed by atoms with Gasteiger partial charge >= 0.3 is 5.97 Å². The SMILES string of the molecule is COC(=O)CCNC(=O)c1ccc(Br)c(O)c1. The van der Waals surface area contributed by atoms with Crippen LogP contribution in [0.4, 0.5) is 0 Å². The molecule has 0 saturated carbocycles. The second kappa shape index (κ2) is 6.24. The number of ether oxygens (including phenoxy) is 1. The molecule has 1 aromatic rings. The molecule has 0 unspecified atom stereocenters. The number of rotatable bonds is 4. The first-order chi connectivity index (χ1) is 8.04.